The third-order valence-electron chi connectivity index (χ3n) is 5.90. The van der Waals surface area contributed by atoms with Gasteiger partial charge in [-0.3, -0.25) is 14.6 Å². The second-order valence-electron chi connectivity index (χ2n) is 9.03. The Kier molecular flexibility index (Phi) is 9.59. The molecule has 4 aromatic rings. The van der Waals surface area contributed by atoms with Gasteiger partial charge in [0.1, 0.15) is 5.82 Å². The van der Waals surface area contributed by atoms with Crippen LogP contribution in [-0.4, -0.2) is 51.4 Å². The van der Waals surface area contributed by atoms with E-state index in [2.05, 4.69) is 46.6 Å². The largest absolute Gasteiger partial charge is 0.386 e. The molecule has 0 bridgehead atoms. The standard InChI is InChI=1S/C24H24N4O.C5H11N3O/c1-17-7-6-8-18(15-17)23-26-21-16-19(10-11-22(21)28(23)3)24(29)27(2)14-12-20-9-4-5-13-25-20;1-4(6)8-3-2-5(7)9/h4-11,13,15-16H,12,14H2,1-3H3;8H,1-3,6H2,(H2,7,9). The predicted octanol–water partition coefficient (Wildman–Crippen LogP) is 3.14. The summed E-state index contributed by atoms with van der Waals surface area (Å²) in [6.07, 6.45) is 2.79. The molecular formula is C29H35N7O2. The van der Waals surface area contributed by atoms with Crippen LogP contribution in [0.15, 0.2) is 79.3 Å². The fraction of sp³-hybridized carbons (Fsp3) is 0.241. The fourth-order valence-electron chi connectivity index (χ4n) is 3.87. The van der Waals surface area contributed by atoms with Crippen LogP contribution in [-0.2, 0) is 18.3 Å². The lowest BCUT2D eigenvalue weighted by molar-refractivity contribution is -0.117. The van der Waals surface area contributed by atoms with Crippen LogP contribution < -0.4 is 16.8 Å². The summed E-state index contributed by atoms with van der Waals surface area (Å²) < 4.78 is 2.07. The minimum absolute atomic E-state index is 0.00871. The Morgan fingerprint density at radius 2 is 1.87 bits per heavy atom. The summed E-state index contributed by atoms with van der Waals surface area (Å²) in [5.41, 5.74) is 15.7. The Morgan fingerprint density at radius 3 is 2.53 bits per heavy atom. The number of primary amides is 1. The summed E-state index contributed by atoms with van der Waals surface area (Å²) in [5.74, 6) is 0.905. The van der Waals surface area contributed by atoms with Crippen LogP contribution in [0.25, 0.3) is 22.4 Å². The molecule has 4 rings (SSSR count). The molecule has 0 atom stereocenters. The highest BCUT2D eigenvalue weighted by Crippen LogP contribution is 2.25. The smallest absolute Gasteiger partial charge is 0.253 e. The highest BCUT2D eigenvalue weighted by molar-refractivity contribution is 5.97. The molecule has 0 radical (unpaired) electrons. The van der Waals surface area contributed by atoms with E-state index in [1.807, 2.05) is 56.6 Å². The molecule has 0 aliphatic carbocycles. The molecular weight excluding hydrogens is 478 g/mol. The number of pyridine rings is 1. The van der Waals surface area contributed by atoms with Gasteiger partial charge in [0.25, 0.3) is 5.91 Å². The van der Waals surface area contributed by atoms with Gasteiger partial charge in [0.05, 0.1) is 16.9 Å². The number of carbonyl (C=O) groups is 2. The van der Waals surface area contributed by atoms with E-state index in [-0.39, 0.29) is 18.2 Å². The fourth-order valence-corrected chi connectivity index (χ4v) is 3.87. The normalized spacial score (nSPS) is 10.4. The molecule has 5 N–H and O–H groups in total. The molecule has 9 heteroatoms. The first-order valence-electron chi connectivity index (χ1n) is 12.3. The zero-order valence-electron chi connectivity index (χ0n) is 22.1. The molecule has 0 saturated carbocycles. The van der Waals surface area contributed by atoms with Crippen LogP contribution >= 0.6 is 0 Å². The van der Waals surface area contributed by atoms with Crippen LogP contribution in [0.4, 0.5) is 0 Å². The van der Waals surface area contributed by atoms with E-state index < -0.39 is 0 Å². The van der Waals surface area contributed by atoms with Gasteiger partial charge in [0, 0.05) is 63.0 Å². The quantitative estimate of drug-likeness (QED) is 0.315. The number of nitrogens with two attached hydrogens (primary N) is 2. The van der Waals surface area contributed by atoms with E-state index in [1.165, 1.54) is 5.56 Å². The molecule has 2 aromatic heterocycles. The zero-order valence-corrected chi connectivity index (χ0v) is 22.1. The van der Waals surface area contributed by atoms with Crippen LogP contribution in [0.5, 0.6) is 0 Å². The van der Waals surface area contributed by atoms with Gasteiger partial charge in [-0.1, -0.05) is 36.4 Å². The number of nitrogens with one attached hydrogen (secondary N) is 1. The van der Waals surface area contributed by atoms with E-state index in [4.69, 9.17) is 16.5 Å². The van der Waals surface area contributed by atoms with Crippen molar-refractivity contribution >= 4 is 22.8 Å². The SMILES string of the molecule is C=C(N)NCCC(N)=O.Cc1cccc(-c2nc3cc(C(=O)N(C)CCc4ccccn4)ccc3n2C)c1. The Labute approximate surface area is 223 Å². The molecule has 0 unspecified atom stereocenters. The summed E-state index contributed by atoms with van der Waals surface area (Å²) >= 11 is 0. The summed E-state index contributed by atoms with van der Waals surface area (Å²) in [6, 6.07) is 19.9. The van der Waals surface area contributed by atoms with Gasteiger partial charge < -0.3 is 26.3 Å². The van der Waals surface area contributed by atoms with Crippen LogP contribution in [0.3, 0.4) is 0 Å². The van der Waals surface area contributed by atoms with E-state index in [1.54, 1.807) is 11.1 Å². The molecule has 0 saturated heterocycles. The van der Waals surface area contributed by atoms with Crippen molar-refractivity contribution in [3.63, 3.8) is 0 Å². The number of rotatable bonds is 9. The molecule has 2 heterocycles. The number of aromatic nitrogens is 3. The van der Waals surface area contributed by atoms with Crippen molar-refractivity contribution in [2.45, 2.75) is 19.8 Å². The van der Waals surface area contributed by atoms with E-state index in [0.717, 1.165) is 34.5 Å². The maximum absolute atomic E-state index is 12.9. The Morgan fingerprint density at radius 1 is 1.08 bits per heavy atom. The summed E-state index contributed by atoms with van der Waals surface area (Å²) in [5, 5.41) is 2.66. The third-order valence-corrected chi connectivity index (χ3v) is 5.90. The summed E-state index contributed by atoms with van der Waals surface area (Å²) in [7, 11) is 3.83. The second-order valence-corrected chi connectivity index (χ2v) is 9.03. The monoisotopic (exact) mass is 513 g/mol. The molecule has 0 spiro atoms. The first-order valence-corrected chi connectivity index (χ1v) is 12.3. The molecule has 198 valence electrons. The van der Waals surface area contributed by atoms with Gasteiger partial charge >= 0.3 is 0 Å². The van der Waals surface area contributed by atoms with E-state index in [0.29, 0.717) is 24.5 Å². The number of imidazole rings is 1. The number of hydrogen-bond acceptors (Lipinski definition) is 6. The van der Waals surface area contributed by atoms with E-state index >= 15 is 0 Å². The lowest BCUT2D eigenvalue weighted by Gasteiger charge is -2.17. The third kappa shape index (κ3) is 7.67. The Balaban J connectivity index is 0.000000383. The molecule has 0 fully saturated rings. The highest BCUT2D eigenvalue weighted by Gasteiger charge is 2.16. The van der Waals surface area contributed by atoms with E-state index in [9.17, 15) is 9.59 Å². The number of likely N-dealkylation sites (N-methyl/N-ethyl adjacent to an activating group) is 1. The number of aryl methyl sites for hydroxylation is 2. The van der Waals surface area contributed by atoms with Crippen molar-refractivity contribution in [1.29, 1.82) is 0 Å². The van der Waals surface area contributed by atoms with Crippen LogP contribution in [0, 0.1) is 6.92 Å². The van der Waals surface area contributed by atoms with Gasteiger partial charge in [-0.15, -0.1) is 0 Å². The minimum Gasteiger partial charge on any atom is -0.386 e. The molecule has 0 aliphatic heterocycles. The molecule has 38 heavy (non-hydrogen) atoms. The van der Waals surface area contributed by atoms with Crippen LogP contribution in [0.1, 0.15) is 28.0 Å². The number of carbonyl (C=O) groups excluding carboxylic acids is 2. The predicted molar refractivity (Wildman–Crippen MR) is 151 cm³/mol. The average molecular weight is 514 g/mol. The second kappa shape index (κ2) is 13.0. The molecule has 2 amide bonds. The maximum Gasteiger partial charge on any atom is 0.253 e. The van der Waals surface area contributed by atoms with Gasteiger partial charge in [-0.25, -0.2) is 4.98 Å². The van der Waals surface area contributed by atoms with Crippen LogP contribution in [0.2, 0.25) is 0 Å². The summed E-state index contributed by atoms with van der Waals surface area (Å²) in [4.78, 5) is 33.8. The number of benzene rings is 2. The first-order chi connectivity index (χ1) is 18.2. The number of fused-ring (bicyclic) bond motifs is 1. The lowest BCUT2D eigenvalue weighted by atomic mass is 10.1. The number of nitrogens with zero attached hydrogens (tertiary/aromatic N) is 4. The van der Waals surface area contributed by atoms with Crippen molar-refractivity contribution < 1.29 is 9.59 Å². The van der Waals surface area contributed by atoms with Crippen molar-refractivity contribution in [3.8, 4) is 11.4 Å². The molecule has 2 aromatic carbocycles. The van der Waals surface area contributed by atoms with Crippen molar-refractivity contribution in [3.05, 3.63) is 96.1 Å². The zero-order chi connectivity index (χ0) is 27.7. The number of hydrogen-bond donors (Lipinski definition) is 3. The maximum atomic E-state index is 12.9. The van der Waals surface area contributed by atoms with Crippen molar-refractivity contribution in [2.24, 2.45) is 18.5 Å². The topological polar surface area (TPSA) is 132 Å². The van der Waals surface area contributed by atoms with Gasteiger partial charge in [-0.05, 0) is 43.3 Å². The number of amides is 2. The highest BCUT2D eigenvalue weighted by atomic mass is 16.2. The first kappa shape index (κ1) is 27.9. The summed E-state index contributed by atoms with van der Waals surface area (Å²) in [6.45, 7) is 6.52. The average Bonchev–Trinajstić information content (AvgIpc) is 3.23. The Hall–Kier alpha value is -4.66. The lowest BCUT2D eigenvalue weighted by Crippen LogP contribution is -2.29. The van der Waals surface area contributed by atoms with Crippen molar-refractivity contribution in [1.82, 2.24) is 24.8 Å². The molecule has 0 aliphatic rings. The minimum atomic E-state index is -0.344. The van der Waals surface area contributed by atoms with Crippen molar-refractivity contribution in [2.75, 3.05) is 20.1 Å². The Bertz CT molecular complexity index is 1400. The van der Waals surface area contributed by atoms with Gasteiger partial charge in [0.2, 0.25) is 5.91 Å². The van der Waals surface area contributed by atoms with Gasteiger partial charge in [-0.2, -0.15) is 0 Å². The van der Waals surface area contributed by atoms with Gasteiger partial charge in [0.15, 0.2) is 0 Å². The molecule has 9 nitrogen and oxygen atoms in total.